The third-order valence-electron chi connectivity index (χ3n) is 3.22. The smallest absolute Gasteiger partial charge is 0.257 e. The van der Waals surface area contributed by atoms with Gasteiger partial charge in [0.25, 0.3) is 5.91 Å². The van der Waals surface area contributed by atoms with Crippen molar-refractivity contribution < 1.29 is 4.79 Å². The summed E-state index contributed by atoms with van der Waals surface area (Å²) in [6, 6.07) is 5.68. The van der Waals surface area contributed by atoms with Crippen LogP contribution in [0, 0.1) is 5.41 Å². The molecule has 6 heteroatoms. The van der Waals surface area contributed by atoms with Crippen molar-refractivity contribution in [3.8, 4) is 0 Å². The minimum atomic E-state index is -0.0899. The Labute approximate surface area is 125 Å². The minimum absolute atomic E-state index is 0. The predicted molar refractivity (Wildman–Crippen MR) is 82.2 cm³/mol. The molecular formula is C14H21ClN4O. The highest BCUT2D eigenvalue weighted by Gasteiger charge is 2.23. The maximum Gasteiger partial charge on any atom is 0.257 e. The van der Waals surface area contributed by atoms with E-state index in [-0.39, 0.29) is 23.7 Å². The fraction of sp³-hybridized carbons (Fsp3) is 0.429. The molecule has 2 heterocycles. The Morgan fingerprint density at radius 3 is 2.80 bits per heavy atom. The number of rotatable bonds is 4. The molecule has 0 fully saturated rings. The number of nitrogens with two attached hydrogens (primary N) is 1. The Morgan fingerprint density at radius 2 is 2.15 bits per heavy atom. The van der Waals surface area contributed by atoms with E-state index >= 15 is 0 Å². The van der Waals surface area contributed by atoms with E-state index in [4.69, 9.17) is 5.73 Å². The SMILES string of the molecule is CN(CC(C)(C)CN)C(=O)c1cnn2ccccc12.Cl. The maximum absolute atomic E-state index is 12.4. The van der Waals surface area contributed by atoms with E-state index in [1.807, 2.05) is 38.2 Å². The Bertz CT molecular complexity index is 594. The van der Waals surface area contributed by atoms with Crippen molar-refractivity contribution in [2.75, 3.05) is 20.1 Å². The summed E-state index contributed by atoms with van der Waals surface area (Å²) in [5, 5.41) is 4.18. The van der Waals surface area contributed by atoms with Crippen LogP contribution in [0.15, 0.2) is 30.6 Å². The third-order valence-corrected chi connectivity index (χ3v) is 3.22. The Balaban J connectivity index is 0.00000200. The number of fused-ring (bicyclic) bond motifs is 1. The number of aromatic nitrogens is 2. The van der Waals surface area contributed by atoms with Gasteiger partial charge < -0.3 is 10.6 Å². The van der Waals surface area contributed by atoms with Crippen molar-refractivity contribution >= 4 is 23.8 Å². The number of hydrogen-bond donors (Lipinski definition) is 1. The lowest BCUT2D eigenvalue weighted by Gasteiger charge is -2.28. The van der Waals surface area contributed by atoms with Crippen molar-refractivity contribution in [3.63, 3.8) is 0 Å². The van der Waals surface area contributed by atoms with Crippen LogP contribution in [-0.2, 0) is 0 Å². The molecule has 2 aromatic heterocycles. The number of carbonyl (C=O) groups is 1. The van der Waals surface area contributed by atoms with Gasteiger partial charge in [0.2, 0.25) is 0 Å². The van der Waals surface area contributed by atoms with E-state index in [9.17, 15) is 4.79 Å². The quantitative estimate of drug-likeness (QED) is 0.936. The van der Waals surface area contributed by atoms with E-state index in [2.05, 4.69) is 5.10 Å². The van der Waals surface area contributed by atoms with Crippen molar-refractivity contribution in [2.24, 2.45) is 11.1 Å². The number of pyridine rings is 1. The lowest BCUT2D eigenvalue weighted by molar-refractivity contribution is 0.0742. The van der Waals surface area contributed by atoms with Crippen LogP contribution in [0.5, 0.6) is 0 Å². The summed E-state index contributed by atoms with van der Waals surface area (Å²) < 4.78 is 1.70. The molecule has 2 rings (SSSR count). The molecule has 0 atom stereocenters. The third kappa shape index (κ3) is 3.29. The summed E-state index contributed by atoms with van der Waals surface area (Å²) >= 11 is 0. The molecule has 20 heavy (non-hydrogen) atoms. The van der Waals surface area contributed by atoms with Crippen LogP contribution >= 0.6 is 12.4 Å². The van der Waals surface area contributed by atoms with Crippen LogP contribution in [0.2, 0.25) is 0 Å². The first-order chi connectivity index (χ1) is 8.94. The fourth-order valence-corrected chi connectivity index (χ4v) is 2.08. The van der Waals surface area contributed by atoms with Gasteiger partial charge in [0.1, 0.15) is 0 Å². The van der Waals surface area contributed by atoms with Crippen LogP contribution < -0.4 is 5.73 Å². The van der Waals surface area contributed by atoms with Gasteiger partial charge in [0.15, 0.2) is 0 Å². The highest BCUT2D eigenvalue weighted by Crippen LogP contribution is 2.17. The number of nitrogens with zero attached hydrogens (tertiary/aromatic N) is 3. The molecule has 0 unspecified atom stereocenters. The lowest BCUT2D eigenvalue weighted by atomic mass is 9.93. The zero-order valence-corrected chi connectivity index (χ0v) is 12.9. The van der Waals surface area contributed by atoms with Crippen LogP contribution in [0.1, 0.15) is 24.2 Å². The lowest BCUT2D eigenvalue weighted by Crippen LogP contribution is -2.39. The second kappa shape index (κ2) is 6.24. The molecule has 0 aliphatic rings. The van der Waals surface area contributed by atoms with Gasteiger partial charge >= 0.3 is 0 Å². The molecule has 0 aromatic carbocycles. The summed E-state index contributed by atoms with van der Waals surface area (Å²) in [7, 11) is 1.80. The molecule has 0 saturated heterocycles. The van der Waals surface area contributed by atoms with Crippen molar-refractivity contribution in [1.29, 1.82) is 0 Å². The number of halogens is 1. The predicted octanol–water partition coefficient (Wildman–Crippen LogP) is 1.81. The Kier molecular flexibility index (Phi) is 5.14. The maximum atomic E-state index is 12.4. The van der Waals surface area contributed by atoms with Crippen molar-refractivity contribution in [3.05, 3.63) is 36.2 Å². The summed E-state index contributed by atoms with van der Waals surface area (Å²) in [6.45, 7) is 5.26. The highest BCUT2D eigenvalue weighted by atomic mass is 35.5. The zero-order valence-electron chi connectivity index (χ0n) is 12.0. The van der Waals surface area contributed by atoms with Crippen LogP contribution in [0.3, 0.4) is 0 Å². The fourth-order valence-electron chi connectivity index (χ4n) is 2.08. The first kappa shape index (κ1) is 16.5. The monoisotopic (exact) mass is 296 g/mol. The minimum Gasteiger partial charge on any atom is -0.341 e. The van der Waals surface area contributed by atoms with Gasteiger partial charge in [0.05, 0.1) is 17.3 Å². The molecule has 0 bridgehead atoms. The molecule has 0 saturated carbocycles. The highest BCUT2D eigenvalue weighted by molar-refractivity contribution is 6.00. The molecule has 0 aliphatic carbocycles. The molecule has 110 valence electrons. The first-order valence-corrected chi connectivity index (χ1v) is 6.32. The van der Waals surface area contributed by atoms with E-state index in [1.54, 1.807) is 22.7 Å². The molecule has 0 aliphatic heterocycles. The van der Waals surface area contributed by atoms with Gasteiger partial charge in [0, 0.05) is 19.8 Å². The van der Waals surface area contributed by atoms with Gasteiger partial charge in [-0.05, 0) is 24.1 Å². The van der Waals surface area contributed by atoms with E-state index < -0.39 is 0 Å². The average Bonchev–Trinajstić information content (AvgIpc) is 2.81. The molecular weight excluding hydrogens is 276 g/mol. The van der Waals surface area contributed by atoms with Gasteiger partial charge in [-0.15, -0.1) is 12.4 Å². The normalized spacial score (nSPS) is 11.2. The van der Waals surface area contributed by atoms with Gasteiger partial charge in [-0.2, -0.15) is 5.10 Å². The van der Waals surface area contributed by atoms with Crippen molar-refractivity contribution in [1.82, 2.24) is 14.5 Å². The summed E-state index contributed by atoms with van der Waals surface area (Å²) in [5.74, 6) is -0.0253. The van der Waals surface area contributed by atoms with E-state index in [0.717, 1.165) is 5.52 Å². The van der Waals surface area contributed by atoms with Crippen LogP contribution in [0.25, 0.3) is 5.52 Å². The number of hydrogen-bond acceptors (Lipinski definition) is 3. The topological polar surface area (TPSA) is 63.6 Å². The molecule has 2 N–H and O–H groups in total. The number of carbonyl (C=O) groups excluding carboxylic acids is 1. The Morgan fingerprint density at radius 1 is 1.45 bits per heavy atom. The molecule has 0 spiro atoms. The van der Waals surface area contributed by atoms with Gasteiger partial charge in [-0.3, -0.25) is 4.79 Å². The molecule has 0 radical (unpaired) electrons. The van der Waals surface area contributed by atoms with Gasteiger partial charge in [-0.25, -0.2) is 4.52 Å². The molecule has 1 amide bonds. The summed E-state index contributed by atoms with van der Waals surface area (Å²) in [4.78, 5) is 14.2. The Hall–Kier alpha value is -1.59. The van der Waals surface area contributed by atoms with Gasteiger partial charge in [-0.1, -0.05) is 19.9 Å². The second-order valence-electron chi connectivity index (χ2n) is 5.62. The molecule has 5 nitrogen and oxygen atoms in total. The van der Waals surface area contributed by atoms with Crippen molar-refractivity contribution in [2.45, 2.75) is 13.8 Å². The average molecular weight is 297 g/mol. The van der Waals surface area contributed by atoms with E-state index in [1.165, 1.54) is 0 Å². The van der Waals surface area contributed by atoms with Crippen LogP contribution in [0.4, 0.5) is 0 Å². The van der Waals surface area contributed by atoms with E-state index in [0.29, 0.717) is 18.7 Å². The summed E-state index contributed by atoms with van der Waals surface area (Å²) in [5.41, 5.74) is 7.06. The zero-order chi connectivity index (χ0) is 14.0. The molecule has 2 aromatic rings. The summed E-state index contributed by atoms with van der Waals surface area (Å²) in [6.07, 6.45) is 3.44. The van der Waals surface area contributed by atoms with Crippen LogP contribution in [-0.4, -0.2) is 40.6 Å². The standard InChI is InChI=1S/C14H20N4O.ClH/c1-14(2,9-15)10-17(3)13(19)11-8-16-18-7-5-4-6-12(11)18;/h4-8H,9-10,15H2,1-3H3;1H. The second-order valence-corrected chi connectivity index (χ2v) is 5.62. The number of amides is 1. The first-order valence-electron chi connectivity index (χ1n) is 6.32. The largest absolute Gasteiger partial charge is 0.341 e.